The molecule has 0 saturated carbocycles. The van der Waals surface area contributed by atoms with Gasteiger partial charge in [-0.05, 0) is 5.56 Å². The van der Waals surface area contributed by atoms with Crippen molar-refractivity contribution in [1.29, 1.82) is 0 Å². The van der Waals surface area contributed by atoms with Crippen molar-refractivity contribution in [2.75, 3.05) is 6.67 Å². The Morgan fingerprint density at radius 2 is 2.19 bits per heavy atom. The van der Waals surface area contributed by atoms with E-state index in [2.05, 4.69) is 23.0 Å². The van der Waals surface area contributed by atoms with Crippen molar-refractivity contribution in [3.63, 3.8) is 0 Å². The molecule has 2 N–H and O–H groups in total. The van der Waals surface area contributed by atoms with Gasteiger partial charge < -0.3 is 0 Å². The van der Waals surface area contributed by atoms with Crippen LogP contribution in [0.4, 0.5) is 0 Å². The summed E-state index contributed by atoms with van der Waals surface area (Å²) < 4.78 is 1.68. The minimum absolute atomic E-state index is 0. The molecule has 0 aromatic heterocycles. The highest BCUT2D eigenvalue weighted by Crippen LogP contribution is 2.01. The zero-order chi connectivity index (χ0) is 10.5. The lowest BCUT2D eigenvalue weighted by atomic mass is 10.2. The topological polar surface area (TPSA) is 47.4 Å². The summed E-state index contributed by atoms with van der Waals surface area (Å²) in [5.41, 5.74) is 6.89. The molecule has 2 rings (SSSR count). The van der Waals surface area contributed by atoms with Crippen molar-refractivity contribution in [2.24, 2.45) is 0 Å². The van der Waals surface area contributed by atoms with Crippen molar-refractivity contribution >= 4 is 25.2 Å². The van der Waals surface area contributed by atoms with Gasteiger partial charge in [-0.3, -0.25) is 4.79 Å². The summed E-state index contributed by atoms with van der Waals surface area (Å²) in [5.74, 6) is 0. The number of carbonyl (C=O) groups excluding carboxylic acids is 1. The predicted molar refractivity (Wildman–Crippen MR) is 62.8 cm³/mol. The second-order valence-corrected chi connectivity index (χ2v) is 3.26. The van der Waals surface area contributed by atoms with Crippen LogP contribution >= 0.6 is 12.4 Å². The number of amides is 1. The first-order valence-corrected chi connectivity index (χ1v) is 4.74. The van der Waals surface area contributed by atoms with E-state index >= 15 is 0 Å². The molecule has 1 aromatic carbocycles. The molecule has 0 saturated heterocycles. The molecule has 0 bridgehead atoms. The normalized spacial score (nSPS) is 14.0. The van der Waals surface area contributed by atoms with Crippen LogP contribution < -0.4 is 10.9 Å². The minimum Gasteiger partial charge on any atom is -0.275 e. The minimum atomic E-state index is 0. The fraction of sp³-hybridized carbons (Fsp3) is 0.200. The van der Waals surface area contributed by atoms with Crippen molar-refractivity contribution in [3.05, 3.63) is 35.9 Å². The Bertz CT molecular complexity index is 368. The summed E-state index contributed by atoms with van der Waals surface area (Å²) >= 11 is 0. The van der Waals surface area contributed by atoms with E-state index in [1.54, 1.807) is 4.68 Å². The first-order valence-electron chi connectivity index (χ1n) is 4.74. The van der Waals surface area contributed by atoms with E-state index in [9.17, 15) is 4.79 Å². The molecule has 1 amide bonds. The van der Waals surface area contributed by atoms with Crippen molar-refractivity contribution in [1.82, 2.24) is 15.9 Å². The second-order valence-electron chi connectivity index (χ2n) is 3.26. The van der Waals surface area contributed by atoms with Crippen LogP contribution in [0.25, 0.3) is 0 Å². The molecule has 0 spiro atoms. The van der Waals surface area contributed by atoms with E-state index in [1.165, 1.54) is 5.56 Å². The SMILES string of the molecule is Cl.O=CN[N+]1=CN(Cc2ccccc2)NC1. The molecule has 0 atom stereocenters. The van der Waals surface area contributed by atoms with Crippen LogP contribution in [0.15, 0.2) is 30.3 Å². The maximum absolute atomic E-state index is 10.2. The van der Waals surface area contributed by atoms with E-state index in [0.29, 0.717) is 13.1 Å². The Balaban J connectivity index is 0.00000128. The van der Waals surface area contributed by atoms with E-state index in [4.69, 9.17) is 0 Å². The van der Waals surface area contributed by atoms with Crippen LogP contribution in [0, 0.1) is 0 Å². The number of hydrazone groups is 1. The smallest absolute Gasteiger partial charge is 0.275 e. The van der Waals surface area contributed by atoms with Crippen LogP contribution in [0.3, 0.4) is 0 Å². The number of halogens is 1. The lowest BCUT2D eigenvalue weighted by Crippen LogP contribution is -2.32. The average molecular weight is 242 g/mol. The van der Waals surface area contributed by atoms with Gasteiger partial charge in [0.05, 0.1) is 0 Å². The van der Waals surface area contributed by atoms with E-state index in [1.807, 2.05) is 29.5 Å². The third-order valence-corrected chi connectivity index (χ3v) is 2.14. The van der Waals surface area contributed by atoms with Gasteiger partial charge in [0.2, 0.25) is 6.41 Å². The summed E-state index contributed by atoms with van der Waals surface area (Å²) in [5, 5.41) is 1.92. The van der Waals surface area contributed by atoms with Gasteiger partial charge in [-0.1, -0.05) is 30.3 Å². The van der Waals surface area contributed by atoms with Crippen LogP contribution in [0.1, 0.15) is 5.56 Å². The van der Waals surface area contributed by atoms with Crippen LogP contribution in [0.5, 0.6) is 0 Å². The van der Waals surface area contributed by atoms with E-state index < -0.39 is 0 Å². The molecule has 0 unspecified atom stereocenters. The number of nitrogens with one attached hydrogen (secondary N) is 2. The first kappa shape index (κ1) is 12.5. The van der Waals surface area contributed by atoms with E-state index in [-0.39, 0.29) is 12.4 Å². The van der Waals surface area contributed by atoms with Gasteiger partial charge in [-0.2, -0.15) is 10.4 Å². The summed E-state index contributed by atoms with van der Waals surface area (Å²) in [6, 6.07) is 10.1. The summed E-state index contributed by atoms with van der Waals surface area (Å²) in [6.07, 6.45) is 2.48. The summed E-state index contributed by atoms with van der Waals surface area (Å²) in [4.78, 5) is 10.2. The third kappa shape index (κ3) is 3.22. The van der Waals surface area contributed by atoms with Crippen LogP contribution in [-0.2, 0) is 11.3 Å². The Labute approximate surface area is 100 Å². The van der Waals surface area contributed by atoms with Crippen molar-refractivity contribution in [2.45, 2.75) is 6.54 Å². The number of hydrazine groups is 2. The number of hydrogen-bond acceptors (Lipinski definition) is 3. The summed E-state index contributed by atoms with van der Waals surface area (Å²) in [7, 11) is 0. The second kappa shape index (κ2) is 6.09. The average Bonchev–Trinajstić information content (AvgIpc) is 2.68. The lowest BCUT2D eigenvalue weighted by Gasteiger charge is -2.05. The monoisotopic (exact) mass is 241 g/mol. The molecule has 0 aliphatic carbocycles. The molecule has 0 fully saturated rings. The Hall–Kier alpha value is -1.59. The maximum Gasteiger partial charge on any atom is 0.278 e. The fourth-order valence-electron chi connectivity index (χ4n) is 1.44. The molecule has 5 nitrogen and oxygen atoms in total. The zero-order valence-electron chi connectivity index (χ0n) is 8.67. The molecule has 1 heterocycles. The largest absolute Gasteiger partial charge is 0.278 e. The number of carbonyl (C=O) groups is 1. The Morgan fingerprint density at radius 1 is 1.44 bits per heavy atom. The van der Waals surface area contributed by atoms with Gasteiger partial charge in [-0.15, -0.1) is 22.5 Å². The molecule has 0 radical (unpaired) electrons. The fourth-order valence-corrected chi connectivity index (χ4v) is 1.44. The first-order chi connectivity index (χ1) is 7.38. The molecule has 1 aliphatic rings. The quantitative estimate of drug-likeness (QED) is 0.580. The maximum atomic E-state index is 10.2. The zero-order valence-corrected chi connectivity index (χ0v) is 9.48. The van der Waals surface area contributed by atoms with Crippen LogP contribution in [-0.4, -0.2) is 29.1 Å². The van der Waals surface area contributed by atoms with Crippen molar-refractivity contribution in [3.8, 4) is 0 Å². The van der Waals surface area contributed by atoms with Gasteiger partial charge in [0, 0.05) is 0 Å². The van der Waals surface area contributed by atoms with Crippen LogP contribution in [0.2, 0.25) is 0 Å². The van der Waals surface area contributed by atoms with Gasteiger partial charge in [0.15, 0.2) is 6.67 Å². The number of nitrogens with zero attached hydrogens (tertiary/aromatic N) is 2. The van der Waals surface area contributed by atoms with Gasteiger partial charge in [-0.25, -0.2) is 0 Å². The summed E-state index contributed by atoms with van der Waals surface area (Å²) in [6.45, 7) is 1.36. The molecule has 1 aromatic rings. The van der Waals surface area contributed by atoms with Gasteiger partial charge in [0.25, 0.3) is 6.34 Å². The number of hydrogen-bond donors (Lipinski definition) is 2. The predicted octanol–water partition coefficient (Wildman–Crippen LogP) is 0.0879. The standard InChI is InChI=1S/C10H12N4O.ClH/c15-8-12-14-7-11-13(9-14)6-10-4-2-1-3-5-10;/h1-5,8-9,11H,6-7H2;1H/p+1. The Kier molecular flexibility index (Phi) is 4.75. The lowest BCUT2D eigenvalue weighted by molar-refractivity contribution is -0.564. The molecule has 1 aliphatic heterocycles. The number of benzene rings is 1. The molecular formula is C10H14ClN4O+. The highest BCUT2D eigenvalue weighted by atomic mass is 35.5. The number of rotatable bonds is 4. The van der Waals surface area contributed by atoms with Gasteiger partial charge in [0.1, 0.15) is 6.54 Å². The Morgan fingerprint density at radius 3 is 2.88 bits per heavy atom. The highest BCUT2D eigenvalue weighted by Gasteiger charge is 2.18. The van der Waals surface area contributed by atoms with E-state index in [0.717, 1.165) is 6.54 Å². The van der Waals surface area contributed by atoms with Crippen molar-refractivity contribution < 1.29 is 9.48 Å². The molecule has 16 heavy (non-hydrogen) atoms. The third-order valence-electron chi connectivity index (χ3n) is 2.14. The highest BCUT2D eigenvalue weighted by molar-refractivity contribution is 5.85. The molecule has 6 heteroatoms. The molecular weight excluding hydrogens is 228 g/mol. The molecule has 86 valence electrons. The van der Waals surface area contributed by atoms with Gasteiger partial charge >= 0.3 is 0 Å².